The molecule has 0 saturated carbocycles. The van der Waals surface area contributed by atoms with E-state index in [1.54, 1.807) is 19.2 Å². The quantitative estimate of drug-likeness (QED) is 0.450. The minimum atomic E-state index is 0.626. The molecule has 0 bridgehead atoms. The van der Waals surface area contributed by atoms with Crippen LogP contribution in [0.5, 0.6) is 0 Å². The Morgan fingerprint density at radius 2 is 2.24 bits per heavy atom. The Balaban J connectivity index is 3.35. The van der Waals surface area contributed by atoms with E-state index in [4.69, 9.17) is 5.26 Å². The number of aliphatic imine (C=N–C) groups is 1. The Morgan fingerprint density at radius 3 is 2.82 bits per heavy atom. The summed E-state index contributed by atoms with van der Waals surface area (Å²) >= 11 is 0. The van der Waals surface area contributed by atoms with E-state index in [1.165, 1.54) is 0 Å². The summed E-state index contributed by atoms with van der Waals surface area (Å²) in [5, 5.41) is 8.82. The molecule has 0 spiro atoms. The third-order valence-corrected chi connectivity index (χ3v) is 2.31. The Morgan fingerprint density at radius 1 is 1.53 bits per heavy atom. The molecule has 0 radical (unpaired) electrons. The average Bonchev–Trinajstić information content (AvgIpc) is 2.31. The lowest BCUT2D eigenvalue weighted by atomic mass is 10.0. The van der Waals surface area contributed by atoms with E-state index < -0.39 is 0 Å². The van der Waals surface area contributed by atoms with E-state index in [-0.39, 0.29) is 0 Å². The topological polar surface area (TPSA) is 49.0 Å². The summed E-state index contributed by atoms with van der Waals surface area (Å²) in [6.45, 7) is 9.13. The van der Waals surface area contributed by atoms with Gasteiger partial charge in [-0.25, -0.2) is 0 Å². The lowest BCUT2D eigenvalue weighted by Gasteiger charge is -2.07. The molecule has 1 rings (SSSR count). The maximum Gasteiger partial charge on any atom is 0.0944 e. The summed E-state index contributed by atoms with van der Waals surface area (Å²) in [5.74, 6) is 0. The van der Waals surface area contributed by atoms with Gasteiger partial charge in [0.25, 0.3) is 0 Å². The summed E-state index contributed by atoms with van der Waals surface area (Å²) in [4.78, 5) is 8.08. The first-order chi connectivity index (χ1) is 8.08. The van der Waals surface area contributed by atoms with Crippen LogP contribution in [0.1, 0.15) is 23.7 Å². The molecule has 0 aliphatic rings. The molecule has 0 aliphatic carbocycles. The van der Waals surface area contributed by atoms with Crippen LogP contribution in [-0.2, 0) is 0 Å². The average molecular weight is 225 g/mol. The zero-order chi connectivity index (χ0) is 12.8. The second-order valence-electron chi connectivity index (χ2n) is 3.85. The van der Waals surface area contributed by atoms with Crippen molar-refractivity contribution in [3.8, 4) is 6.07 Å². The summed E-state index contributed by atoms with van der Waals surface area (Å²) in [7, 11) is 0. The minimum Gasteiger partial charge on any atom is -0.272 e. The molecule has 0 N–H and O–H groups in total. The first-order valence-corrected chi connectivity index (χ1v) is 5.26. The monoisotopic (exact) mass is 225 g/mol. The van der Waals surface area contributed by atoms with Gasteiger partial charge < -0.3 is 0 Å². The predicted octanol–water partition coefficient (Wildman–Crippen LogP) is 3.21. The first-order valence-electron chi connectivity index (χ1n) is 5.26. The molecular weight excluding hydrogens is 210 g/mol. The van der Waals surface area contributed by atoms with Gasteiger partial charge in [-0.3, -0.25) is 9.98 Å². The summed E-state index contributed by atoms with van der Waals surface area (Å²) in [6, 6.07) is 4.12. The van der Waals surface area contributed by atoms with Gasteiger partial charge in [-0.15, -0.1) is 0 Å². The van der Waals surface area contributed by atoms with Crippen molar-refractivity contribution >= 4 is 12.3 Å². The van der Waals surface area contributed by atoms with Crippen molar-refractivity contribution in [1.29, 1.82) is 5.26 Å². The molecule has 0 amide bonds. The zero-order valence-corrected chi connectivity index (χ0v) is 10.4. The highest BCUT2D eigenvalue weighted by atomic mass is 14.7. The third kappa shape index (κ3) is 3.39. The summed E-state index contributed by atoms with van der Waals surface area (Å²) < 4.78 is 0. The summed E-state index contributed by atoms with van der Waals surface area (Å²) in [6.07, 6.45) is 5.25. The van der Waals surface area contributed by atoms with Gasteiger partial charge in [0, 0.05) is 34.8 Å². The van der Waals surface area contributed by atoms with E-state index in [0.717, 1.165) is 22.4 Å². The highest BCUT2D eigenvalue weighted by Gasteiger charge is 2.05. The van der Waals surface area contributed by atoms with Crippen LogP contribution in [0, 0.1) is 25.2 Å². The fourth-order valence-electron chi connectivity index (χ4n) is 1.48. The Labute approximate surface area is 102 Å². The smallest absolute Gasteiger partial charge is 0.0944 e. The highest BCUT2D eigenvalue weighted by Crippen LogP contribution is 2.21. The second kappa shape index (κ2) is 5.76. The SMILES string of the molecule is C=N/C=C(\C=C(/C)C#N)c1cc(C)cnc1C. The van der Waals surface area contributed by atoms with Crippen molar-refractivity contribution in [2.45, 2.75) is 20.8 Å². The molecule has 0 fully saturated rings. The van der Waals surface area contributed by atoms with Gasteiger partial charge in [0.2, 0.25) is 0 Å². The van der Waals surface area contributed by atoms with Crippen molar-refractivity contribution in [1.82, 2.24) is 4.98 Å². The van der Waals surface area contributed by atoms with Crippen LogP contribution in [0.3, 0.4) is 0 Å². The number of hydrogen-bond acceptors (Lipinski definition) is 3. The molecule has 0 aromatic carbocycles. The molecule has 0 unspecified atom stereocenters. The molecular formula is C14H15N3. The van der Waals surface area contributed by atoms with Crippen molar-refractivity contribution in [2.24, 2.45) is 4.99 Å². The van der Waals surface area contributed by atoms with Crippen LogP contribution in [0.25, 0.3) is 5.57 Å². The lowest BCUT2D eigenvalue weighted by Crippen LogP contribution is -1.92. The van der Waals surface area contributed by atoms with Crippen LogP contribution in [0.4, 0.5) is 0 Å². The largest absolute Gasteiger partial charge is 0.272 e. The Kier molecular flexibility index (Phi) is 4.36. The number of nitrogens with zero attached hydrogens (tertiary/aromatic N) is 3. The predicted molar refractivity (Wildman–Crippen MR) is 70.6 cm³/mol. The van der Waals surface area contributed by atoms with Gasteiger partial charge >= 0.3 is 0 Å². The van der Waals surface area contributed by atoms with Crippen LogP contribution >= 0.6 is 0 Å². The third-order valence-electron chi connectivity index (χ3n) is 2.31. The minimum absolute atomic E-state index is 0.626. The molecule has 17 heavy (non-hydrogen) atoms. The van der Waals surface area contributed by atoms with E-state index >= 15 is 0 Å². The van der Waals surface area contributed by atoms with E-state index in [1.807, 2.05) is 26.1 Å². The standard InChI is InChI=1S/C14H15N3/c1-10(7-15)5-13(9-16-4)14-6-11(2)8-17-12(14)3/h5-6,8-9H,4H2,1-3H3/b10-5+,13-9+. The van der Waals surface area contributed by atoms with Crippen LogP contribution in [0.15, 0.2) is 35.1 Å². The number of nitriles is 1. The van der Waals surface area contributed by atoms with Gasteiger partial charge in [-0.05, 0) is 45.2 Å². The fourth-order valence-corrected chi connectivity index (χ4v) is 1.48. The molecule has 1 aromatic heterocycles. The Bertz CT molecular complexity index is 531. The maximum absolute atomic E-state index is 8.82. The summed E-state index contributed by atoms with van der Waals surface area (Å²) in [5.41, 5.74) is 4.44. The van der Waals surface area contributed by atoms with Gasteiger partial charge in [-0.2, -0.15) is 5.26 Å². The number of aryl methyl sites for hydroxylation is 2. The maximum atomic E-state index is 8.82. The number of aromatic nitrogens is 1. The van der Waals surface area contributed by atoms with Gasteiger partial charge in [0.15, 0.2) is 0 Å². The molecule has 3 nitrogen and oxygen atoms in total. The van der Waals surface area contributed by atoms with Crippen LogP contribution in [0.2, 0.25) is 0 Å². The van der Waals surface area contributed by atoms with Crippen molar-refractivity contribution in [3.05, 3.63) is 46.9 Å². The van der Waals surface area contributed by atoms with E-state index in [2.05, 4.69) is 22.8 Å². The zero-order valence-electron chi connectivity index (χ0n) is 10.4. The Hall–Kier alpha value is -2.21. The van der Waals surface area contributed by atoms with Gasteiger partial charge in [0.05, 0.1) is 6.07 Å². The molecule has 86 valence electrons. The second-order valence-corrected chi connectivity index (χ2v) is 3.85. The molecule has 1 aromatic rings. The molecule has 0 aliphatic heterocycles. The normalized spacial score (nSPS) is 12.1. The van der Waals surface area contributed by atoms with Crippen LogP contribution < -0.4 is 0 Å². The van der Waals surface area contributed by atoms with Gasteiger partial charge in [0.1, 0.15) is 0 Å². The van der Waals surface area contributed by atoms with Gasteiger partial charge in [-0.1, -0.05) is 0 Å². The number of rotatable bonds is 3. The first kappa shape index (κ1) is 12.9. The molecule has 3 heteroatoms. The fraction of sp³-hybridized carbons (Fsp3) is 0.214. The van der Waals surface area contributed by atoms with Crippen molar-refractivity contribution in [3.63, 3.8) is 0 Å². The lowest BCUT2D eigenvalue weighted by molar-refractivity contribution is 1.15. The molecule has 1 heterocycles. The van der Waals surface area contributed by atoms with E-state index in [0.29, 0.717) is 5.57 Å². The molecule has 0 atom stereocenters. The van der Waals surface area contributed by atoms with E-state index in [9.17, 15) is 0 Å². The van der Waals surface area contributed by atoms with Crippen LogP contribution in [-0.4, -0.2) is 11.7 Å². The number of allylic oxidation sites excluding steroid dienone is 3. The number of hydrogen-bond donors (Lipinski definition) is 0. The van der Waals surface area contributed by atoms with Crippen molar-refractivity contribution in [2.75, 3.05) is 0 Å². The molecule has 0 saturated heterocycles. The van der Waals surface area contributed by atoms with Crippen molar-refractivity contribution < 1.29 is 0 Å². The number of pyridine rings is 1. The highest BCUT2D eigenvalue weighted by molar-refractivity contribution is 5.77.